The van der Waals surface area contributed by atoms with Gasteiger partial charge in [0.05, 0.1) is 5.97 Å². The van der Waals surface area contributed by atoms with E-state index in [0.29, 0.717) is 6.61 Å². The maximum atomic E-state index is 10.3. The van der Waals surface area contributed by atoms with Gasteiger partial charge in [-0.15, -0.1) is 0 Å². The van der Waals surface area contributed by atoms with Crippen molar-refractivity contribution in [2.75, 3.05) is 0 Å². The number of fused-ring (bicyclic) bond motifs is 2. The first-order chi connectivity index (χ1) is 12.7. The van der Waals surface area contributed by atoms with Gasteiger partial charge < -0.3 is 14.6 Å². The van der Waals surface area contributed by atoms with Crippen molar-refractivity contribution in [2.24, 2.45) is 11.8 Å². The second-order valence-electron chi connectivity index (χ2n) is 6.71. The van der Waals surface area contributed by atoms with Crippen LogP contribution >= 0.6 is 0 Å². The summed E-state index contributed by atoms with van der Waals surface area (Å²) in [6.07, 6.45) is 11.7. The Kier molecular flexibility index (Phi) is 6.26. The summed E-state index contributed by atoms with van der Waals surface area (Å²) in [5.74, 6) is 1.52. The van der Waals surface area contributed by atoms with E-state index in [4.69, 9.17) is 4.74 Å². The maximum absolute atomic E-state index is 10.3. The molecular formula is C23H23O3-. The van der Waals surface area contributed by atoms with E-state index >= 15 is 0 Å². The molecule has 0 aliphatic heterocycles. The largest absolute Gasteiger partial charge is 0.545 e. The highest BCUT2D eigenvalue weighted by Crippen LogP contribution is 2.38. The Labute approximate surface area is 154 Å². The van der Waals surface area contributed by atoms with Crippen LogP contribution in [0.3, 0.4) is 0 Å². The zero-order valence-electron chi connectivity index (χ0n) is 14.7. The molecule has 1 saturated carbocycles. The topological polar surface area (TPSA) is 49.4 Å². The molecule has 134 valence electrons. The Morgan fingerprint density at radius 2 is 1.65 bits per heavy atom. The fourth-order valence-electron chi connectivity index (χ4n) is 3.30. The highest BCUT2D eigenvalue weighted by atomic mass is 16.5. The minimum absolute atomic E-state index is 0.509. The fraction of sp³-hybridized carbons (Fsp3) is 0.261. The number of aliphatic carboxylic acids is 1. The van der Waals surface area contributed by atoms with Gasteiger partial charge in [-0.05, 0) is 60.4 Å². The van der Waals surface area contributed by atoms with E-state index in [-0.39, 0.29) is 0 Å². The second kappa shape index (κ2) is 9.04. The van der Waals surface area contributed by atoms with E-state index in [1.165, 1.54) is 25.3 Å². The first-order valence-electron chi connectivity index (χ1n) is 9.03. The van der Waals surface area contributed by atoms with Gasteiger partial charge >= 0.3 is 0 Å². The first kappa shape index (κ1) is 18.0. The van der Waals surface area contributed by atoms with Crippen LogP contribution in [-0.2, 0) is 11.4 Å². The number of rotatable bonds is 5. The van der Waals surface area contributed by atoms with Gasteiger partial charge in [-0.1, -0.05) is 60.7 Å². The van der Waals surface area contributed by atoms with Crippen LogP contribution in [0.4, 0.5) is 0 Å². The predicted octanol–water partition coefficient (Wildman–Crippen LogP) is 4.00. The molecule has 0 amide bonds. The normalized spacial score (nSPS) is 20.0. The van der Waals surface area contributed by atoms with Gasteiger partial charge in [0.2, 0.25) is 0 Å². The molecule has 0 heterocycles. The van der Waals surface area contributed by atoms with Crippen LogP contribution in [0.5, 0.6) is 5.75 Å². The van der Waals surface area contributed by atoms with Crippen LogP contribution in [0.1, 0.15) is 30.4 Å². The molecule has 3 nitrogen and oxygen atoms in total. The molecular weight excluding hydrogens is 324 g/mol. The van der Waals surface area contributed by atoms with Crippen molar-refractivity contribution in [3.8, 4) is 5.75 Å². The predicted molar refractivity (Wildman–Crippen MR) is 101 cm³/mol. The van der Waals surface area contributed by atoms with Gasteiger partial charge in [0.15, 0.2) is 0 Å². The van der Waals surface area contributed by atoms with Gasteiger partial charge in [0.25, 0.3) is 0 Å². The van der Waals surface area contributed by atoms with Crippen LogP contribution < -0.4 is 9.84 Å². The third-order valence-corrected chi connectivity index (χ3v) is 4.71. The molecule has 0 N–H and O–H groups in total. The SMILES string of the molecule is C1=CC2CCC1C2.O=C([O-])C=Cc1ccc(OCc2ccccc2)cc1. The summed E-state index contributed by atoms with van der Waals surface area (Å²) in [4.78, 5) is 10.3. The lowest BCUT2D eigenvalue weighted by Crippen LogP contribution is -2.18. The minimum Gasteiger partial charge on any atom is -0.545 e. The zero-order valence-corrected chi connectivity index (χ0v) is 14.7. The van der Waals surface area contributed by atoms with Gasteiger partial charge in [-0.25, -0.2) is 0 Å². The quantitative estimate of drug-likeness (QED) is 0.607. The highest BCUT2D eigenvalue weighted by Gasteiger charge is 2.25. The Morgan fingerprint density at radius 3 is 2.15 bits per heavy atom. The lowest BCUT2D eigenvalue weighted by molar-refractivity contribution is -0.297. The van der Waals surface area contributed by atoms with Crippen LogP contribution in [0.15, 0.2) is 72.8 Å². The number of hydrogen-bond donors (Lipinski definition) is 0. The van der Waals surface area contributed by atoms with E-state index in [0.717, 1.165) is 34.8 Å². The van der Waals surface area contributed by atoms with Gasteiger partial charge in [-0.2, -0.15) is 0 Å². The molecule has 3 heteroatoms. The average molecular weight is 347 g/mol. The molecule has 2 aliphatic rings. The van der Waals surface area contributed by atoms with Crippen LogP contribution in [-0.4, -0.2) is 5.97 Å². The van der Waals surface area contributed by atoms with E-state index in [1.807, 2.05) is 30.3 Å². The Hall–Kier alpha value is -2.81. The number of ether oxygens (including phenoxy) is 1. The molecule has 2 unspecified atom stereocenters. The number of hydrogen-bond acceptors (Lipinski definition) is 3. The summed E-state index contributed by atoms with van der Waals surface area (Å²) in [6, 6.07) is 17.1. The summed E-state index contributed by atoms with van der Waals surface area (Å²) >= 11 is 0. The maximum Gasteiger partial charge on any atom is 0.119 e. The van der Waals surface area contributed by atoms with Crippen molar-refractivity contribution in [1.82, 2.24) is 0 Å². The van der Waals surface area contributed by atoms with Crippen molar-refractivity contribution in [2.45, 2.75) is 25.9 Å². The lowest BCUT2D eigenvalue weighted by atomic mass is 10.1. The molecule has 2 atom stereocenters. The van der Waals surface area contributed by atoms with Gasteiger partial charge in [-0.3, -0.25) is 0 Å². The van der Waals surface area contributed by atoms with Crippen LogP contribution in [0, 0.1) is 11.8 Å². The third-order valence-electron chi connectivity index (χ3n) is 4.71. The van der Waals surface area contributed by atoms with Crippen molar-refractivity contribution in [3.63, 3.8) is 0 Å². The lowest BCUT2D eigenvalue weighted by Gasteiger charge is -2.06. The average Bonchev–Trinajstić information content (AvgIpc) is 3.33. The first-order valence-corrected chi connectivity index (χ1v) is 9.03. The Balaban J connectivity index is 0.000000229. The van der Waals surface area contributed by atoms with E-state index in [1.54, 1.807) is 24.3 Å². The highest BCUT2D eigenvalue weighted by molar-refractivity contribution is 5.83. The number of carboxylic acid groups (broad SMARTS) is 1. The standard InChI is InChI=1S/C16H14O3.C7H10/c17-16(18)11-8-13-6-9-15(10-7-13)19-12-14-4-2-1-3-5-14;1-2-7-4-3-6(1)5-7/h1-11H,12H2,(H,17,18);1-2,6-7H,3-5H2/p-1. The summed E-state index contributed by atoms with van der Waals surface area (Å²) in [5, 5.41) is 10.3. The fourth-order valence-corrected chi connectivity index (χ4v) is 3.30. The van der Waals surface area contributed by atoms with Crippen LogP contribution in [0.25, 0.3) is 6.08 Å². The molecule has 2 aromatic carbocycles. The number of carboxylic acids is 1. The second-order valence-corrected chi connectivity index (χ2v) is 6.71. The zero-order chi connectivity index (χ0) is 18.2. The Bertz CT molecular complexity index is 748. The molecule has 2 aromatic rings. The molecule has 2 aliphatic carbocycles. The number of carbonyl (C=O) groups excluding carboxylic acids is 1. The van der Waals surface area contributed by atoms with E-state index < -0.39 is 5.97 Å². The molecule has 0 aromatic heterocycles. The number of benzene rings is 2. The van der Waals surface area contributed by atoms with Gasteiger partial charge in [0.1, 0.15) is 12.4 Å². The third kappa shape index (κ3) is 5.62. The molecule has 0 radical (unpaired) electrons. The van der Waals surface area contributed by atoms with Crippen molar-refractivity contribution < 1.29 is 14.6 Å². The van der Waals surface area contributed by atoms with Crippen molar-refractivity contribution in [3.05, 3.63) is 84.0 Å². The molecule has 2 bridgehead atoms. The van der Waals surface area contributed by atoms with Crippen LogP contribution in [0.2, 0.25) is 0 Å². The summed E-state index contributed by atoms with van der Waals surface area (Å²) < 4.78 is 5.62. The molecule has 0 saturated heterocycles. The summed E-state index contributed by atoms with van der Waals surface area (Å²) in [5.41, 5.74) is 1.89. The monoisotopic (exact) mass is 347 g/mol. The Morgan fingerprint density at radius 1 is 1.00 bits per heavy atom. The van der Waals surface area contributed by atoms with E-state index in [2.05, 4.69) is 12.2 Å². The number of allylic oxidation sites excluding steroid dienone is 2. The molecule has 4 rings (SSSR count). The van der Waals surface area contributed by atoms with E-state index in [9.17, 15) is 9.90 Å². The molecule has 0 spiro atoms. The minimum atomic E-state index is -1.20. The number of carbonyl (C=O) groups is 1. The molecule has 1 fully saturated rings. The van der Waals surface area contributed by atoms with Crippen molar-refractivity contribution in [1.29, 1.82) is 0 Å². The molecule has 26 heavy (non-hydrogen) atoms. The summed E-state index contributed by atoms with van der Waals surface area (Å²) in [6.45, 7) is 0.509. The summed E-state index contributed by atoms with van der Waals surface area (Å²) in [7, 11) is 0. The van der Waals surface area contributed by atoms with Gasteiger partial charge in [0, 0.05) is 0 Å². The van der Waals surface area contributed by atoms with Crippen molar-refractivity contribution >= 4 is 12.0 Å². The smallest absolute Gasteiger partial charge is 0.119 e.